The highest BCUT2D eigenvalue weighted by Gasteiger charge is 2.52. The molecule has 0 radical (unpaired) electrons. The van der Waals surface area contributed by atoms with Gasteiger partial charge in [-0.1, -0.05) is 103 Å². The van der Waals surface area contributed by atoms with Crippen molar-refractivity contribution in [3.05, 3.63) is 121 Å². The molecule has 3 heterocycles. The van der Waals surface area contributed by atoms with Crippen LogP contribution in [0.25, 0.3) is 67.2 Å². The molecule has 7 heteroatoms. The van der Waals surface area contributed by atoms with Crippen LogP contribution in [0, 0.1) is 0 Å². The van der Waals surface area contributed by atoms with Crippen LogP contribution in [0.5, 0.6) is 0 Å². The van der Waals surface area contributed by atoms with Crippen LogP contribution in [0.15, 0.2) is 126 Å². The van der Waals surface area contributed by atoms with Crippen LogP contribution in [-0.2, 0) is 9.31 Å². The van der Waals surface area contributed by atoms with Gasteiger partial charge in [-0.05, 0) is 62.5 Å². The lowest BCUT2D eigenvalue weighted by Crippen LogP contribution is -2.41. The minimum Gasteiger partial charge on any atom is -0.456 e. The Labute approximate surface area is 268 Å². The SMILES string of the molecule is CC1(C)OB(c2cc(-c3cccc(-c4nc(-c5ccccc5)nc(-c5ccccc5)n4)c3)c3c(c2)oc2ccccc23)OC1(C)C. The quantitative estimate of drug-likeness (QED) is 0.184. The fourth-order valence-electron chi connectivity index (χ4n) is 5.98. The Morgan fingerprint density at radius 1 is 0.500 bits per heavy atom. The maximum Gasteiger partial charge on any atom is 0.494 e. The number of hydrogen-bond acceptors (Lipinski definition) is 6. The van der Waals surface area contributed by atoms with E-state index in [1.807, 2.05) is 84.9 Å². The van der Waals surface area contributed by atoms with Gasteiger partial charge in [-0.3, -0.25) is 0 Å². The van der Waals surface area contributed by atoms with Gasteiger partial charge in [0.15, 0.2) is 17.5 Å². The van der Waals surface area contributed by atoms with Crippen molar-refractivity contribution in [2.75, 3.05) is 0 Å². The highest BCUT2D eigenvalue weighted by Crippen LogP contribution is 2.40. The summed E-state index contributed by atoms with van der Waals surface area (Å²) in [5, 5.41) is 2.09. The van der Waals surface area contributed by atoms with E-state index in [0.717, 1.165) is 55.2 Å². The van der Waals surface area contributed by atoms with Crippen molar-refractivity contribution in [1.29, 1.82) is 0 Å². The van der Waals surface area contributed by atoms with Crippen LogP contribution in [-0.4, -0.2) is 33.3 Å². The number of hydrogen-bond donors (Lipinski definition) is 0. The van der Waals surface area contributed by atoms with Crippen molar-refractivity contribution in [3.8, 4) is 45.3 Å². The first-order chi connectivity index (χ1) is 22.3. The smallest absolute Gasteiger partial charge is 0.456 e. The average molecular weight is 602 g/mol. The summed E-state index contributed by atoms with van der Waals surface area (Å²) < 4.78 is 19.4. The third-order valence-corrected chi connectivity index (χ3v) is 9.16. The second kappa shape index (κ2) is 10.8. The molecule has 1 saturated heterocycles. The van der Waals surface area contributed by atoms with Crippen molar-refractivity contribution in [2.45, 2.75) is 38.9 Å². The first-order valence-electron chi connectivity index (χ1n) is 15.5. The second-order valence-corrected chi connectivity index (χ2v) is 12.7. The van der Waals surface area contributed by atoms with E-state index in [9.17, 15) is 0 Å². The molecule has 8 rings (SSSR count). The molecule has 0 bridgehead atoms. The van der Waals surface area contributed by atoms with Crippen LogP contribution < -0.4 is 5.46 Å². The van der Waals surface area contributed by atoms with Crippen molar-refractivity contribution < 1.29 is 13.7 Å². The Bertz CT molecular complexity index is 2160. The molecule has 1 aliphatic rings. The monoisotopic (exact) mass is 601 g/mol. The van der Waals surface area contributed by atoms with Gasteiger partial charge in [0.1, 0.15) is 11.2 Å². The summed E-state index contributed by atoms with van der Waals surface area (Å²) in [5.41, 5.74) is 6.37. The van der Waals surface area contributed by atoms with E-state index in [2.05, 4.69) is 64.1 Å². The highest BCUT2D eigenvalue weighted by molar-refractivity contribution is 6.62. The summed E-state index contributed by atoms with van der Waals surface area (Å²) in [5.74, 6) is 1.85. The molecule has 0 atom stereocenters. The van der Waals surface area contributed by atoms with Crippen molar-refractivity contribution in [2.24, 2.45) is 0 Å². The highest BCUT2D eigenvalue weighted by atomic mass is 16.7. The molecule has 0 aliphatic carbocycles. The van der Waals surface area contributed by atoms with E-state index in [1.54, 1.807) is 0 Å². The zero-order chi connectivity index (χ0) is 31.5. The first-order valence-corrected chi connectivity index (χ1v) is 15.5. The number of rotatable bonds is 5. The van der Waals surface area contributed by atoms with E-state index >= 15 is 0 Å². The molecule has 224 valence electrons. The molecule has 1 fully saturated rings. The molecule has 2 aromatic heterocycles. The Kier molecular flexibility index (Phi) is 6.64. The van der Waals surface area contributed by atoms with Crippen LogP contribution in [0.3, 0.4) is 0 Å². The molecule has 0 N–H and O–H groups in total. The van der Waals surface area contributed by atoms with Gasteiger partial charge in [0, 0.05) is 27.5 Å². The van der Waals surface area contributed by atoms with Gasteiger partial charge in [0.2, 0.25) is 0 Å². The summed E-state index contributed by atoms with van der Waals surface area (Å²) in [4.78, 5) is 14.8. The third-order valence-electron chi connectivity index (χ3n) is 9.16. The predicted octanol–water partition coefficient (Wildman–Crippen LogP) is 8.74. The fourth-order valence-corrected chi connectivity index (χ4v) is 5.98. The Balaban J connectivity index is 1.31. The third kappa shape index (κ3) is 4.89. The maximum absolute atomic E-state index is 6.48. The van der Waals surface area contributed by atoms with Gasteiger partial charge in [-0.25, -0.2) is 15.0 Å². The van der Waals surface area contributed by atoms with Gasteiger partial charge in [0.25, 0.3) is 0 Å². The summed E-state index contributed by atoms with van der Waals surface area (Å²) >= 11 is 0. The zero-order valence-electron chi connectivity index (χ0n) is 26.2. The molecule has 1 aliphatic heterocycles. The molecule has 5 aromatic carbocycles. The molecular weight excluding hydrogens is 569 g/mol. The number of aromatic nitrogens is 3. The number of benzene rings is 5. The van der Waals surface area contributed by atoms with Gasteiger partial charge < -0.3 is 13.7 Å². The Morgan fingerprint density at radius 2 is 1.02 bits per heavy atom. The van der Waals surface area contributed by atoms with Crippen molar-refractivity contribution in [3.63, 3.8) is 0 Å². The molecule has 0 unspecified atom stereocenters. The topological polar surface area (TPSA) is 70.3 Å². The summed E-state index contributed by atoms with van der Waals surface area (Å²) in [7, 11) is -0.532. The zero-order valence-corrected chi connectivity index (χ0v) is 26.2. The van der Waals surface area contributed by atoms with Gasteiger partial charge in [0.05, 0.1) is 11.2 Å². The second-order valence-electron chi connectivity index (χ2n) is 12.7. The molecule has 0 amide bonds. The molecule has 46 heavy (non-hydrogen) atoms. The van der Waals surface area contributed by atoms with Gasteiger partial charge in [-0.15, -0.1) is 0 Å². The Morgan fingerprint density at radius 3 is 1.65 bits per heavy atom. The minimum absolute atomic E-state index is 0.466. The van der Waals surface area contributed by atoms with E-state index in [1.165, 1.54) is 0 Å². The largest absolute Gasteiger partial charge is 0.494 e. The summed E-state index contributed by atoms with van der Waals surface area (Å²) in [6, 6.07) is 40.8. The van der Waals surface area contributed by atoms with Crippen molar-refractivity contribution in [1.82, 2.24) is 15.0 Å². The molecule has 7 aromatic rings. The standard InChI is InChI=1S/C39H32BN3O3/c1-38(2)39(3,4)46-40(45-38)29-23-31(34-30-20-11-12-21-32(30)44-33(34)24-29)27-18-13-19-28(22-27)37-42-35(25-14-7-5-8-15-25)41-36(43-37)26-16-9-6-10-17-26/h5-24H,1-4H3. The van der Waals surface area contributed by atoms with Crippen LogP contribution in [0.4, 0.5) is 0 Å². The van der Waals surface area contributed by atoms with Crippen LogP contribution >= 0.6 is 0 Å². The molecule has 0 spiro atoms. The molecule has 6 nitrogen and oxygen atoms in total. The van der Waals surface area contributed by atoms with Crippen molar-refractivity contribution >= 4 is 34.5 Å². The van der Waals surface area contributed by atoms with E-state index in [4.69, 9.17) is 28.7 Å². The summed E-state index contributed by atoms with van der Waals surface area (Å²) in [6.45, 7) is 8.27. The lowest BCUT2D eigenvalue weighted by Gasteiger charge is -2.32. The number of nitrogens with zero attached hydrogens (tertiary/aromatic N) is 3. The number of para-hydroxylation sites is 1. The predicted molar refractivity (Wildman–Crippen MR) is 185 cm³/mol. The number of furan rings is 1. The number of fused-ring (bicyclic) bond motifs is 3. The average Bonchev–Trinajstić information content (AvgIpc) is 3.57. The lowest BCUT2D eigenvalue weighted by atomic mass is 9.77. The van der Waals surface area contributed by atoms with Crippen LogP contribution in [0.1, 0.15) is 27.7 Å². The fraction of sp³-hybridized carbons (Fsp3) is 0.154. The van der Waals surface area contributed by atoms with E-state index in [0.29, 0.717) is 17.5 Å². The molecule has 0 saturated carbocycles. The maximum atomic E-state index is 6.48. The van der Waals surface area contributed by atoms with E-state index in [-0.39, 0.29) is 0 Å². The first kappa shape index (κ1) is 28.4. The van der Waals surface area contributed by atoms with E-state index < -0.39 is 18.3 Å². The normalized spacial score (nSPS) is 15.5. The van der Waals surface area contributed by atoms with Gasteiger partial charge in [-0.2, -0.15) is 0 Å². The lowest BCUT2D eigenvalue weighted by molar-refractivity contribution is 0.00578. The van der Waals surface area contributed by atoms with Gasteiger partial charge >= 0.3 is 7.12 Å². The Hall–Kier alpha value is -5.11. The van der Waals surface area contributed by atoms with Crippen LogP contribution in [0.2, 0.25) is 0 Å². The minimum atomic E-state index is -0.532. The molecular formula is C39H32BN3O3. The summed E-state index contributed by atoms with van der Waals surface area (Å²) in [6.07, 6.45) is 0.